The predicted octanol–water partition coefficient (Wildman–Crippen LogP) is 3.20. The summed E-state index contributed by atoms with van der Waals surface area (Å²) in [6.07, 6.45) is 2.39. The number of fused-ring (bicyclic) bond motifs is 1. The normalized spacial score (nSPS) is 25.4. The van der Waals surface area contributed by atoms with Crippen LogP contribution in [-0.4, -0.2) is 11.2 Å². The molecule has 1 N–H and O–H groups in total. The van der Waals surface area contributed by atoms with E-state index in [0.29, 0.717) is 11.3 Å². The van der Waals surface area contributed by atoms with Crippen molar-refractivity contribution in [1.29, 1.82) is 0 Å². The van der Waals surface area contributed by atoms with Crippen molar-refractivity contribution in [3.8, 4) is 0 Å². The molecule has 1 saturated carbocycles. The van der Waals surface area contributed by atoms with E-state index in [9.17, 15) is 9.50 Å². The second-order valence-corrected chi connectivity index (χ2v) is 4.41. The lowest BCUT2D eigenvalue weighted by atomic mass is 10.0. The van der Waals surface area contributed by atoms with Gasteiger partial charge in [0.15, 0.2) is 11.4 Å². The Hall–Kier alpha value is -1.35. The summed E-state index contributed by atoms with van der Waals surface area (Å²) in [7, 11) is 0. The molecule has 2 nitrogen and oxygen atoms in total. The number of hydrogen-bond acceptors (Lipinski definition) is 2. The molecule has 0 bridgehead atoms. The third-order valence-corrected chi connectivity index (χ3v) is 3.36. The van der Waals surface area contributed by atoms with Gasteiger partial charge in [0, 0.05) is 11.3 Å². The van der Waals surface area contributed by atoms with Crippen LogP contribution in [0.25, 0.3) is 11.0 Å². The van der Waals surface area contributed by atoms with Crippen molar-refractivity contribution in [1.82, 2.24) is 0 Å². The van der Waals surface area contributed by atoms with Gasteiger partial charge in [-0.2, -0.15) is 0 Å². The average molecular weight is 220 g/mol. The number of halogens is 1. The molecule has 1 aromatic carbocycles. The Bertz CT molecular complexity index is 518. The number of aliphatic hydroxyl groups excluding tert-OH is 1. The van der Waals surface area contributed by atoms with E-state index in [1.54, 1.807) is 6.07 Å². The van der Waals surface area contributed by atoms with Gasteiger partial charge >= 0.3 is 0 Å². The molecule has 16 heavy (non-hydrogen) atoms. The predicted molar refractivity (Wildman–Crippen MR) is 58.8 cm³/mol. The topological polar surface area (TPSA) is 33.4 Å². The second kappa shape index (κ2) is 3.59. The first-order valence-corrected chi connectivity index (χ1v) is 5.62. The molecular weight excluding hydrogens is 207 g/mol. The Morgan fingerprint density at radius 3 is 2.88 bits per heavy atom. The standard InChI is InChI=1S/C13H13FO2/c14-10-5-1-3-8-7-12(16-13(8)10)9-4-2-6-11(9)15/h1,3,5,7,9,11,15H,2,4,6H2. The van der Waals surface area contributed by atoms with Gasteiger partial charge in [-0.25, -0.2) is 4.39 Å². The second-order valence-electron chi connectivity index (χ2n) is 4.41. The number of benzene rings is 1. The van der Waals surface area contributed by atoms with Gasteiger partial charge in [-0.15, -0.1) is 0 Å². The molecule has 0 aliphatic heterocycles. The van der Waals surface area contributed by atoms with Crippen molar-refractivity contribution in [2.24, 2.45) is 0 Å². The Balaban J connectivity index is 2.08. The lowest BCUT2D eigenvalue weighted by Crippen LogP contribution is -2.09. The van der Waals surface area contributed by atoms with Gasteiger partial charge in [0.2, 0.25) is 0 Å². The molecule has 0 amide bonds. The van der Waals surface area contributed by atoms with Gasteiger partial charge in [0.1, 0.15) is 5.76 Å². The van der Waals surface area contributed by atoms with Gasteiger partial charge in [0.05, 0.1) is 6.10 Å². The first kappa shape index (κ1) is 9.85. The number of aliphatic hydroxyl groups is 1. The van der Waals surface area contributed by atoms with Crippen LogP contribution in [0.5, 0.6) is 0 Å². The molecule has 3 rings (SSSR count). The minimum atomic E-state index is -0.344. The van der Waals surface area contributed by atoms with E-state index in [-0.39, 0.29) is 17.8 Å². The zero-order chi connectivity index (χ0) is 11.1. The third kappa shape index (κ3) is 1.43. The summed E-state index contributed by atoms with van der Waals surface area (Å²) in [5.74, 6) is 0.410. The SMILES string of the molecule is OC1CCCC1c1cc2cccc(F)c2o1. The highest BCUT2D eigenvalue weighted by molar-refractivity contribution is 5.78. The molecular formula is C13H13FO2. The maximum absolute atomic E-state index is 13.4. The first-order chi connectivity index (χ1) is 7.75. The van der Waals surface area contributed by atoms with Crippen LogP contribution >= 0.6 is 0 Å². The molecule has 0 saturated heterocycles. The fourth-order valence-electron chi connectivity index (χ4n) is 2.50. The third-order valence-electron chi connectivity index (χ3n) is 3.36. The van der Waals surface area contributed by atoms with Crippen LogP contribution in [0.2, 0.25) is 0 Å². The molecule has 1 fully saturated rings. The molecule has 1 aliphatic rings. The van der Waals surface area contributed by atoms with Crippen LogP contribution in [-0.2, 0) is 0 Å². The van der Waals surface area contributed by atoms with E-state index in [4.69, 9.17) is 4.42 Å². The zero-order valence-corrected chi connectivity index (χ0v) is 8.82. The van der Waals surface area contributed by atoms with Crippen LogP contribution < -0.4 is 0 Å². The molecule has 1 aromatic heterocycles. The molecule has 84 valence electrons. The lowest BCUT2D eigenvalue weighted by Gasteiger charge is -2.10. The molecule has 1 heterocycles. The average Bonchev–Trinajstić information content (AvgIpc) is 2.84. The van der Waals surface area contributed by atoms with E-state index >= 15 is 0 Å². The maximum atomic E-state index is 13.4. The molecule has 2 aromatic rings. The molecule has 2 unspecified atom stereocenters. The Morgan fingerprint density at radius 2 is 2.19 bits per heavy atom. The van der Waals surface area contributed by atoms with Crippen LogP contribution in [0, 0.1) is 5.82 Å². The van der Waals surface area contributed by atoms with E-state index < -0.39 is 0 Å². The molecule has 0 radical (unpaired) electrons. The maximum Gasteiger partial charge on any atom is 0.169 e. The highest BCUT2D eigenvalue weighted by Crippen LogP contribution is 2.37. The molecule has 2 atom stereocenters. The van der Waals surface area contributed by atoms with Crippen molar-refractivity contribution in [2.45, 2.75) is 31.3 Å². The zero-order valence-electron chi connectivity index (χ0n) is 8.82. The fraction of sp³-hybridized carbons (Fsp3) is 0.385. The largest absolute Gasteiger partial charge is 0.458 e. The minimum Gasteiger partial charge on any atom is -0.458 e. The van der Waals surface area contributed by atoms with E-state index in [1.165, 1.54) is 6.07 Å². The van der Waals surface area contributed by atoms with Crippen molar-refractivity contribution in [3.63, 3.8) is 0 Å². The van der Waals surface area contributed by atoms with Gasteiger partial charge < -0.3 is 9.52 Å². The summed E-state index contributed by atoms with van der Waals surface area (Å²) in [5, 5.41) is 10.6. The van der Waals surface area contributed by atoms with Crippen LogP contribution in [0.4, 0.5) is 4.39 Å². The molecule has 1 aliphatic carbocycles. The van der Waals surface area contributed by atoms with Gasteiger partial charge in [-0.05, 0) is 25.0 Å². The van der Waals surface area contributed by atoms with Crippen molar-refractivity contribution < 1.29 is 13.9 Å². The van der Waals surface area contributed by atoms with E-state index in [1.807, 2.05) is 12.1 Å². The first-order valence-electron chi connectivity index (χ1n) is 5.62. The highest BCUT2D eigenvalue weighted by atomic mass is 19.1. The summed E-state index contributed by atoms with van der Waals surface area (Å²) in [4.78, 5) is 0. The Labute approximate surface area is 92.7 Å². The number of hydrogen-bond donors (Lipinski definition) is 1. The lowest BCUT2D eigenvalue weighted by molar-refractivity contribution is 0.155. The van der Waals surface area contributed by atoms with Gasteiger partial charge in [-0.3, -0.25) is 0 Å². The monoisotopic (exact) mass is 220 g/mol. The Morgan fingerprint density at radius 1 is 1.31 bits per heavy atom. The van der Waals surface area contributed by atoms with E-state index in [0.717, 1.165) is 24.6 Å². The van der Waals surface area contributed by atoms with Crippen molar-refractivity contribution >= 4 is 11.0 Å². The summed E-state index contributed by atoms with van der Waals surface area (Å²) >= 11 is 0. The van der Waals surface area contributed by atoms with Gasteiger partial charge in [0.25, 0.3) is 0 Å². The summed E-state index contributed by atoms with van der Waals surface area (Å²) < 4.78 is 18.9. The van der Waals surface area contributed by atoms with Crippen LogP contribution in [0.3, 0.4) is 0 Å². The summed E-state index contributed by atoms with van der Waals surface area (Å²) in [6, 6.07) is 6.73. The minimum absolute atomic E-state index is 0.0341. The highest BCUT2D eigenvalue weighted by Gasteiger charge is 2.29. The quantitative estimate of drug-likeness (QED) is 0.800. The van der Waals surface area contributed by atoms with Crippen molar-refractivity contribution in [2.75, 3.05) is 0 Å². The smallest absolute Gasteiger partial charge is 0.169 e. The number of para-hydroxylation sites is 1. The molecule has 0 spiro atoms. The number of furan rings is 1. The molecule has 3 heteroatoms. The summed E-state index contributed by atoms with van der Waals surface area (Å²) in [5.41, 5.74) is 0.302. The van der Waals surface area contributed by atoms with Crippen molar-refractivity contribution in [3.05, 3.63) is 35.8 Å². The fourth-order valence-corrected chi connectivity index (χ4v) is 2.50. The van der Waals surface area contributed by atoms with Crippen LogP contribution in [0.15, 0.2) is 28.7 Å². The summed E-state index contributed by atoms with van der Waals surface area (Å²) in [6.45, 7) is 0. The van der Waals surface area contributed by atoms with Gasteiger partial charge in [-0.1, -0.05) is 18.6 Å². The van der Waals surface area contributed by atoms with E-state index in [2.05, 4.69) is 0 Å². The van der Waals surface area contributed by atoms with Crippen LogP contribution in [0.1, 0.15) is 30.9 Å². The Kier molecular flexibility index (Phi) is 2.21. The number of rotatable bonds is 1.